The molecule has 1 heteroatoms. The molecule has 0 spiro atoms. The molecule has 0 fully saturated rings. The molecule has 0 amide bonds. The summed E-state index contributed by atoms with van der Waals surface area (Å²) in [5.41, 5.74) is 7.74. The first-order valence-electron chi connectivity index (χ1n) is 9.56. The van der Waals surface area contributed by atoms with Crippen LogP contribution in [0.3, 0.4) is 0 Å². The van der Waals surface area contributed by atoms with Gasteiger partial charge in [-0.2, -0.15) is 0 Å². The molecular formula is C27H27P. The van der Waals surface area contributed by atoms with Gasteiger partial charge in [-0.15, -0.1) is 0 Å². The van der Waals surface area contributed by atoms with Gasteiger partial charge in [0.15, 0.2) is 0 Å². The van der Waals surface area contributed by atoms with Gasteiger partial charge in [-0.25, -0.2) is 0 Å². The van der Waals surface area contributed by atoms with Crippen LogP contribution in [0.25, 0.3) is 18.2 Å². The number of benzene rings is 3. The molecule has 0 aliphatic carbocycles. The number of hydrogen-bond donors (Lipinski definition) is 0. The van der Waals surface area contributed by atoms with Crippen molar-refractivity contribution in [2.24, 2.45) is 0 Å². The zero-order valence-electron chi connectivity index (χ0n) is 16.4. The van der Waals surface area contributed by atoms with Crippen molar-refractivity contribution in [3.8, 4) is 0 Å². The molecule has 0 atom stereocenters. The van der Waals surface area contributed by atoms with Gasteiger partial charge in [0.05, 0.1) is 0 Å². The molecule has 0 aromatic heterocycles. The summed E-state index contributed by atoms with van der Waals surface area (Å²) in [7, 11) is -0.209. The van der Waals surface area contributed by atoms with Crippen LogP contribution in [0, 0.1) is 0 Å². The lowest BCUT2D eigenvalue weighted by Crippen LogP contribution is -1.94. The second-order valence-electron chi connectivity index (χ2n) is 6.98. The first-order chi connectivity index (χ1) is 13.7. The fraction of sp³-hybridized carbons (Fsp3) is 0.111. The minimum Gasteiger partial charge on any atom is -0.0985 e. The van der Waals surface area contributed by atoms with Gasteiger partial charge < -0.3 is 0 Å². The SMILES string of the molecule is C=Cc1ccc(CP(Cc2ccc(C=C)cc2)Cc2ccc(C=C)cc2)cc1. The van der Waals surface area contributed by atoms with E-state index in [9.17, 15) is 0 Å². The van der Waals surface area contributed by atoms with E-state index >= 15 is 0 Å². The van der Waals surface area contributed by atoms with Gasteiger partial charge in [0.25, 0.3) is 0 Å². The van der Waals surface area contributed by atoms with Gasteiger partial charge in [-0.3, -0.25) is 0 Å². The van der Waals surface area contributed by atoms with Crippen LogP contribution in [0.1, 0.15) is 33.4 Å². The van der Waals surface area contributed by atoms with Gasteiger partial charge in [0.2, 0.25) is 0 Å². The Morgan fingerprint density at radius 1 is 0.464 bits per heavy atom. The van der Waals surface area contributed by atoms with E-state index in [4.69, 9.17) is 0 Å². The predicted molar refractivity (Wildman–Crippen MR) is 128 cm³/mol. The first kappa shape index (κ1) is 20.1. The fourth-order valence-corrected chi connectivity index (χ4v) is 5.74. The minimum absolute atomic E-state index is 0.209. The van der Waals surface area contributed by atoms with Crippen LogP contribution in [0.2, 0.25) is 0 Å². The van der Waals surface area contributed by atoms with Gasteiger partial charge in [0.1, 0.15) is 0 Å². The topological polar surface area (TPSA) is 0 Å². The predicted octanol–water partition coefficient (Wildman–Crippen LogP) is 8.00. The Balaban J connectivity index is 1.78. The summed E-state index contributed by atoms with van der Waals surface area (Å²) < 4.78 is 0. The Hall–Kier alpha value is -2.69. The quantitative estimate of drug-likeness (QED) is 0.329. The molecule has 0 saturated carbocycles. The third-order valence-electron chi connectivity index (χ3n) is 4.86. The van der Waals surface area contributed by atoms with Gasteiger partial charge in [-0.05, 0) is 51.9 Å². The van der Waals surface area contributed by atoms with Crippen LogP contribution in [0.4, 0.5) is 0 Å². The molecule has 3 rings (SSSR count). The Morgan fingerprint density at radius 2 is 0.714 bits per heavy atom. The van der Waals surface area contributed by atoms with E-state index in [0.717, 1.165) is 18.5 Å². The van der Waals surface area contributed by atoms with Crippen molar-refractivity contribution in [2.75, 3.05) is 0 Å². The van der Waals surface area contributed by atoms with Crippen molar-refractivity contribution >= 4 is 26.1 Å². The summed E-state index contributed by atoms with van der Waals surface area (Å²) in [5.74, 6) is 0. The molecule has 0 heterocycles. The summed E-state index contributed by atoms with van der Waals surface area (Å²) in [6, 6.07) is 26.4. The lowest BCUT2D eigenvalue weighted by atomic mass is 10.1. The molecule has 0 radical (unpaired) electrons. The molecule has 0 aliphatic heterocycles. The third kappa shape index (κ3) is 5.65. The minimum atomic E-state index is -0.209. The average Bonchev–Trinajstić information content (AvgIpc) is 2.75. The lowest BCUT2D eigenvalue weighted by Gasteiger charge is -2.19. The van der Waals surface area contributed by atoms with Gasteiger partial charge in [-0.1, -0.05) is 119 Å². The van der Waals surface area contributed by atoms with Crippen LogP contribution in [0.15, 0.2) is 92.5 Å². The molecule has 0 saturated heterocycles. The van der Waals surface area contributed by atoms with Crippen LogP contribution in [-0.4, -0.2) is 0 Å². The molecule has 0 nitrogen and oxygen atoms in total. The van der Waals surface area contributed by atoms with Crippen molar-refractivity contribution in [2.45, 2.75) is 18.5 Å². The molecular weight excluding hydrogens is 355 g/mol. The highest BCUT2D eigenvalue weighted by molar-refractivity contribution is 7.55. The fourth-order valence-electron chi connectivity index (χ4n) is 3.22. The molecule has 28 heavy (non-hydrogen) atoms. The Morgan fingerprint density at radius 3 is 0.929 bits per heavy atom. The van der Waals surface area contributed by atoms with Crippen LogP contribution < -0.4 is 0 Å². The average molecular weight is 382 g/mol. The zero-order chi connectivity index (χ0) is 19.8. The smallest absolute Gasteiger partial charge is 0.00671 e. The largest absolute Gasteiger partial charge is 0.0985 e. The zero-order valence-corrected chi connectivity index (χ0v) is 17.2. The molecule has 3 aromatic carbocycles. The van der Waals surface area contributed by atoms with Crippen molar-refractivity contribution in [3.05, 3.63) is 126 Å². The standard InChI is InChI=1S/C27H27P/c1-4-22-7-13-25(14-8-22)19-28(20-26-15-9-23(5-2)10-16-26)21-27-17-11-24(6-3)12-18-27/h4-18H,1-3,19-21H2. The summed E-state index contributed by atoms with van der Waals surface area (Å²) in [6.07, 6.45) is 9.07. The summed E-state index contributed by atoms with van der Waals surface area (Å²) >= 11 is 0. The van der Waals surface area contributed by atoms with Crippen molar-refractivity contribution in [1.29, 1.82) is 0 Å². The van der Waals surface area contributed by atoms with Crippen LogP contribution in [-0.2, 0) is 18.5 Å². The van der Waals surface area contributed by atoms with E-state index in [1.807, 2.05) is 18.2 Å². The van der Waals surface area contributed by atoms with Crippen molar-refractivity contribution in [3.63, 3.8) is 0 Å². The number of hydrogen-bond acceptors (Lipinski definition) is 0. The van der Waals surface area contributed by atoms with Crippen molar-refractivity contribution < 1.29 is 0 Å². The summed E-state index contributed by atoms with van der Waals surface area (Å²) in [6.45, 7) is 11.6. The van der Waals surface area contributed by atoms with Gasteiger partial charge in [0, 0.05) is 0 Å². The van der Waals surface area contributed by atoms with Crippen molar-refractivity contribution in [1.82, 2.24) is 0 Å². The lowest BCUT2D eigenvalue weighted by molar-refractivity contribution is 1.26. The first-order valence-corrected chi connectivity index (χ1v) is 11.5. The second kappa shape index (κ2) is 10.0. The van der Waals surface area contributed by atoms with E-state index in [2.05, 4.69) is 92.5 Å². The van der Waals surface area contributed by atoms with E-state index in [0.29, 0.717) is 0 Å². The molecule has 0 N–H and O–H groups in total. The maximum Gasteiger partial charge on any atom is -0.00671 e. The molecule has 3 aromatic rings. The maximum absolute atomic E-state index is 3.85. The molecule has 0 unspecified atom stereocenters. The second-order valence-corrected chi connectivity index (χ2v) is 9.27. The van der Waals surface area contributed by atoms with E-state index in [1.54, 1.807) is 0 Å². The highest BCUT2D eigenvalue weighted by Crippen LogP contribution is 2.46. The molecule has 140 valence electrons. The monoisotopic (exact) mass is 382 g/mol. The summed E-state index contributed by atoms with van der Waals surface area (Å²) in [4.78, 5) is 0. The molecule has 0 bridgehead atoms. The Labute approximate surface area is 170 Å². The Bertz CT molecular complexity index is 788. The van der Waals surface area contributed by atoms with Gasteiger partial charge >= 0.3 is 0 Å². The van der Waals surface area contributed by atoms with Crippen LogP contribution in [0.5, 0.6) is 0 Å². The number of rotatable bonds is 9. The third-order valence-corrected chi connectivity index (χ3v) is 7.30. The normalized spacial score (nSPS) is 10.6. The highest BCUT2D eigenvalue weighted by Gasteiger charge is 2.12. The van der Waals surface area contributed by atoms with E-state index < -0.39 is 0 Å². The molecule has 0 aliphatic rings. The Kier molecular flexibility index (Phi) is 7.18. The highest BCUT2D eigenvalue weighted by atomic mass is 31.1. The van der Waals surface area contributed by atoms with E-state index in [-0.39, 0.29) is 7.92 Å². The summed E-state index contributed by atoms with van der Waals surface area (Å²) in [5, 5.41) is 0. The maximum atomic E-state index is 3.85. The van der Waals surface area contributed by atoms with E-state index in [1.165, 1.54) is 33.4 Å². The van der Waals surface area contributed by atoms with Crippen LogP contribution >= 0.6 is 7.92 Å².